The molecule has 4 aliphatic heterocycles. The van der Waals surface area contributed by atoms with Crippen LogP contribution in [0.3, 0.4) is 0 Å². The highest BCUT2D eigenvalue weighted by Gasteiger charge is 2.55. The zero-order valence-electron chi connectivity index (χ0n) is 38.4. The van der Waals surface area contributed by atoms with Crippen LogP contribution in [0.5, 0.6) is 0 Å². The molecule has 0 saturated carbocycles. The van der Waals surface area contributed by atoms with Gasteiger partial charge in [-0.05, 0) is 73.3 Å². The lowest BCUT2D eigenvalue weighted by molar-refractivity contribution is -0.315. The second-order valence-electron chi connectivity index (χ2n) is 18.6. The number of amidine groups is 1. The molecule has 1 amide bonds. The Morgan fingerprint density at radius 1 is 0.902 bits per heavy atom. The van der Waals surface area contributed by atoms with Crippen molar-refractivity contribution in [1.82, 2.24) is 10.2 Å². The van der Waals surface area contributed by atoms with Crippen LogP contribution in [0.4, 0.5) is 0 Å². The number of cyclic esters (lactones) is 1. The lowest BCUT2D eigenvalue weighted by atomic mass is 9.77. The van der Waals surface area contributed by atoms with Gasteiger partial charge in [0.05, 0.1) is 60.2 Å². The maximum absolute atomic E-state index is 14.4. The SMILES string of the molecule is CCC1OC(=O)[C@H](C)[C@@H](O[C@H]2C[C@@](C)(OC)[C@@H](O)[C@H](C)O2)[C@@H](C)[C@@H](O[C@@H]2O[C@H](C)C[C@H]3[C@H]2OC(=NCc2ccccc2)N3C)[C@](C)(OC)C[C@@H](C)C(=O)N[C@H](C)[C@@H](O)[C@]1(C)O. The number of aliphatic imine (C=N–C) groups is 1. The Morgan fingerprint density at radius 3 is 2.18 bits per heavy atom. The molecule has 61 heavy (non-hydrogen) atoms. The standard InChI is InChI=1S/C45H73N3O13/c1-14-32-45(10,53)36(49)28(6)47-39(51)24(2)21-44(9,55-13)38(26(4)34(27(5)40(52)58-32)59-33-22-43(8,54-12)37(50)29(7)57-33)61-41-35-31(20-25(3)56-41)48(11)42(60-35)46-23-30-18-16-15-17-19-30/h15-19,24-29,31-38,41,49-50,53H,14,20-23H2,1-13H3,(H,47,51)/t24-,25-,26-,27-,28-,29+,31+,32?,33+,34+,35-,36-,37+,38-,41+,43-,44-,45-/m1/s1. The Morgan fingerprint density at radius 2 is 1.56 bits per heavy atom. The third kappa shape index (κ3) is 10.6. The maximum Gasteiger partial charge on any atom is 0.311 e. The Bertz CT molecular complexity index is 1650. The molecule has 16 nitrogen and oxygen atoms in total. The van der Waals surface area contributed by atoms with Gasteiger partial charge in [0, 0.05) is 39.5 Å². The number of aliphatic hydroxyl groups excluding tert-OH is 2. The van der Waals surface area contributed by atoms with E-state index in [9.17, 15) is 24.9 Å². The second kappa shape index (κ2) is 19.9. The van der Waals surface area contributed by atoms with Crippen LogP contribution in [0.25, 0.3) is 0 Å². The molecule has 0 radical (unpaired) electrons. The van der Waals surface area contributed by atoms with Crippen LogP contribution in [0.15, 0.2) is 35.3 Å². The number of rotatable bonds is 9. The van der Waals surface area contributed by atoms with E-state index in [2.05, 4.69) is 5.32 Å². The smallest absolute Gasteiger partial charge is 0.311 e. The van der Waals surface area contributed by atoms with Gasteiger partial charge in [-0.1, -0.05) is 51.1 Å². The van der Waals surface area contributed by atoms with Gasteiger partial charge in [-0.15, -0.1) is 0 Å². The number of likely N-dealkylation sites (N-methyl/N-ethyl adjacent to an activating group) is 1. The van der Waals surface area contributed by atoms with E-state index in [1.165, 1.54) is 14.0 Å². The Hall–Kier alpha value is -2.93. The summed E-state index contributed by atoms with van der Waals surface area (Å²) in [7, 11) is 5.01. The molecule has 0 aliphatic carbocycles. The monoisotopic (exact) mass is 864 g/mol. The van der Waals surface area contributed by atoms with Crippen molar-refractivity contribution in [3.05, 3.63) is 35.9 Å². The zero-order valence-corrected chi connectivity index (χ0v) is 38.4. The summed E-state index contributed by atoms with van der Waals surface area (Å²) in [6, 6.07) is 9.29. The molecule has 1 aromatic rings. The summed E-state index contributed by atoms with van der Waals surface area (Å²) >= 11 is 0. The molecule has 0 spiro atoms. The van der Waals surface area contributed by atoms with Crippen LogP contribution < -0.4 is 5.32 Å². The zero-order chi connectivity index (χ0) is 45.2. The summed E-state index contributed by atoms with van der Waals surface area (Å²) in [6.45, 7) is 17.8. The van der Waals surface area contributed by atoms with Crippen molar-refractivity contribution in [2.45, 2.75) is 192 Å². The van der Waals surface area contributed by atoms with Crippen molar-refractivity contribution in [3.8, 4) is 0 Å². The molecule has 0 bridgehead atoms. The van der Waals surface area contributed by atoms with Gasteiger partial charge in [0.15, 0.2) is 18.7 Å². The molecule has 346 valence electrons. The number of fused-ring (bicyclic) bond motifs is 1. The molecule has 5 rings (SSSR count). The average Bonchev–Trinajstić information content (AvgIpc) is 3.55. The van der Waals surface area contributed by atoms with Gasteiger partial charge in [0.2, 0.25) is 5.91 Å². The molecule has 4 saturated heterocycles. The quantitative estimate of drug-likeness (QED) is 0.263. The van der Waals surface area contributed by atoms with E-state index >= 15 is 0 Å². The summed E-state index contributed by atoms with van der Waals surface area (Å²) in [5.41, 5.74) is -3.20. The minimum atomic E-state index is -1.95. The Kier molecular flexibility index (Phi) is 16.0. The van der Waals surface area contributed by atoms with Crippen molar-refractivity contribution < 1.29 is 62.8 Å². The fraction of sp³-hybridized carbons (Fsp3) is 0.800. The van der Waals surface area contributed by atoms with Gasteiger partial charge >= 0.3 is 5.97 Å². The van der Waals surface area contributed by atoms with Gasteiger partial charge in [0.1, 0.15) is 23.9 Å². The van der Waals surface area contributed by atoms with E-state index in [4.69, 9.17) is 42.9 Å². The minimum absolute atomic E-state index is 0.124. The number of aliphatic hydroxyl groups is 3. The predicted molar refractivity (Wildman–Crippen MR) is 225 cm³/mol. The highest BCUT2D eigenvalue weighted by atomic mass is 16.7. The largest absolute Gasteiger partial charge is 0.459 e. The Labute approximate surface area is 361 Å². The summed E-state index contributed by atoms with van der Waals surface area (Å²) in [4.78, 5) is 35.2. The number of nitrogens with one attached hydrogen (secondary N) is 1. The van der Waals surface area contributed by atoms with E-state index in [1.54, 1.807) is 48.7 Å². The fourth-order valence-electron chi connectivity index (χ4n) is 9.64. The number of esters is 1. The number of hydrogen-bond donors (Lipinski definition) is 4. The minimum Gasteiger partial charge on any atom is -0.459 e. The molecular weight excluding hydrogens is 791 g/mol. The number of ether oxygens (including phenoxy) is 8. The lowest BCUT2D eigenvalue weighted by Gasteiger charge is -2.49. The summed E-state index contributed by atoms with van der Waals surface area (Å²) < 4.78 is 51.7. The molecule has 4 aliphatic rings. The van der Waals surface area contributed by atoms with Gasteiger partial charge in [0.25, 0.3) is 6.02 Å². The number of amides is 1. The fourth-order valence-corrected chi connectivity index (χ4v) is 9.64. The first-order chi connectivity index (χ1) is 28.6. The van der Waals surface area contributed by atoms with Crippen LogP contribution in [-0.4, -0.2) is 150 Å². The molecule has 1 aromatic carbocycles. The summed E-state index contributed by atoms with van der Waals surface area (Å²) in [5, 5.41) is 37.1. The van der Waals surface area contributed by atoms with Crippen molar-refractivity contribution in [1.29, 1.82) is 0 Å². The summed E-state index contributed by atoms with van der Waals surface area (Å²) in [6.07, 6.45) is -7.98. The molecule has 18 atom stereocenters. The number of hydrogen-bond acceptors (Lipinski definition) is 14. The molecule has 0 aromatic heterocycles. The molecule has 1 unspecified atom stereocenters. The van der Waals surface area contributed by atoms with Gasteiger partial charge in [-0.25, -0.2) is 4.99 Å². The second-order valence-corrected chi connectivity index (χ2v) is 18.6. The van der Waals surface area contributed by atoms with E-state index in [1.807, 2.05) is 63.1 Å². The van der Waals surface area contributed by atoms with Crippen LogP contribution in [0.1, 0.15) is 100 Å². The molecule has 4 fully saturated rings. The van der Waals surface area contributed by atoms with Crippen LogP contribution in [-0.2, 0) is 54.0 Å². The van der Waals surface area contributed by atoms with E-state index in [-0.39, 0.29) is 37.3 Å². The maximum atomic E-state index is 14.4. The first-order valence-corrected chi connectivity index (χ1v) is 21.9. The number of nitrogens with zero attached hydrogens (tertiary/aromatic N) is 2. The first kappa shape index (κ1) is 49.1. The topological polar surface area (TPSA) is 196 Å². The molecule has 4 N–H and O–H groups in total. The van der Waals surface area contributed by atoms with Crippen molar-refractivity contribution >= 4 is 17.9 Å². The van der Waals surface area contributed by atoms with Crippen molar-refractivity contribution in [2.24, 2.45) is 22.7 Å². The van der Waals surface area contributed by atoms with Crippen molar-refractivity contribution in [3.63, 3.8) is 0 Å². The van der Waals surface area contributed by atoms with E-state index in [0.717, 1.165) is 5.56 Å². The number of benzene rings is 1. The van der Waals surface area contributed by atoms with E-state index < -0.39 is 102 Å². The molecular formula is C45H73N3O13. The van der Waals surface area contributed by atoms with Crippen LogP contribution in [0.2, 0.25) is 0 Å². The normalized spacial score (nSPS) is 45.0. The van der Waals surface area contributed by atoms with Crippen molar-refractivity contribution in [2.75, 3.05) is 21.3 Å². The third-order valence-electron chi connectivity index (χ3n) is 13.7. The van der Waals surface area contributed by atoms with Gasteiger partial charge in [-0.2, -0.15) is 0 Å². The van der Waals surface area contributed by atoms with E-state index in [0.29, 0.717) is 19.0 Å². The van der Waals surface area contributed by atoms with Crippen LogP contribution in [0, 0.1) is 17.8 Å². The van der Waals surface area contributed by atoms with Gasteiger partial charge in [-0.3, -0.25) is 9.59 Å². The number of carbonyl (C=O) groups excluding carboxylic acids is 2. The summed E-state index contributed by atoms with van der Waals surface area (Å²) in [5.74, 6) is -3.52. The highest BCUT2D eigenvalue weighted by molar-refractivity contribution is 5.79. The lowest BCUT2D eigenvalue weighted by Crippen LogP contribution is -2.60. The first-order valence-electron chi connectivity index (χ1n) is 21.9. The third-order valence-corrected chi connectivity index (χ3v) is 13.7. The molecule has 16 heteroatoms. The highest BCUT2D eigenvalue weighted by Crippen LogP contribution is 2.42. The number of methoxy groups -OCH3 is 2. The Balaban J connectivity index is 1.59. The van der Waals surface area contributed by atoms with Crippen LogP contribution >= 0.6 is 0 Å². The van der Waals surface area contributed by atoms with Gasteiger partial charge < -0.3 is 63.4 Å². The average molecular weight is 864 g/mol. The predicted octanol–water partition coefficient (Wildman–Crippen LogP) is 3.70. The molecule has 4 heterocycles. The number of carbonyl (C=O) groups is 2.